The molecule has 0 radical (unpaired) electrons. The quantitative estimate of drug-likeness (QED) is 0.668. The molecule has 1 rings (SSSR count). The Labute approximate surface area is 129 Å². The third-order valence-electron chi connectivity index (χ3n) is 3.61. The van der Waals surface area contributed by atoms with Crippen molar-refractivity contribution < 1.29 is 4.79 Å². The highest BCUT2D eigenvalue weighted by atomic mass is 16.2. The first-order valence-corrected chi connectivity index (χ1v) is 8.13. The molecule has 0 spiro atoms. The van der Waals surface area contributed by atoms with Gasteiger partial charge in [-0.15, -0.1) is 0 Å². The molecule has 0 aliphatic heterocycles. The molecule has 0 fully saturated rings. The van der Waals surface area contributed by atoms with Gasteiger partial charge in [-0.1, -0.05) is 62.9 Å². The topological polar surface area (TPSA) is 32.3 Å². The van der Waals surface area contributed by atoms with Crippen molar-refractivity contribution in [2.75, 3.05) is 13.6 Å². The number of nitrogens with one attached hydrogen (secondary N) is 1. The molecule has 0 bridgehead atoms. The molecule has 3 nitrogen and oxygen atoms in total. The summed E-state index contributed by atoms with van der Waals surface area (Å²) in [6, 6.07) is 10.5. The second-order valence-electron chi connectivity index (χ2n) is 5.98. The summed E-state index contributed by atoms with van der Waals surface area (Å²) in [5.41, 5.74) is 1.24. The average Bonchev–Trinajstić information content (AvgIpc) is 2.44. The fourth-order valence-electron chi connectivity index (χ4n) is 2.47. The minimum atomic E-state index is 0.122. The van der Waals surface area contributed by atoms with Gasteiger partial charge in [-0.3, -0.25) is 9.69 Å². The van der Waals surface area contributed by atoms with Gasteiger partial charge < -0.3 is 5.32 Å². The lowest BCUT2D eigenvalue weighted by Gasteiger charge is -2.19. The Balaban J connectivity index is 2.20. The zero-order chi connectivity index (χ0) is 15.5. The lowest BCUT2D eigenvalue weighted by atomic mass is 10.1. The maximum atomic E-state index is 12.0. The monoisotopic (exact) mass is 290 g/mol. The van der Waals surface area contributed by atoms with Gasteiger partial charge in [-0.2, -0.15) is 0 Å². The summed E-state index contributed by atoms with van der Waals surface area (Å²) < 4.78 is 0. The van der Waals surface area contributed by atoms with E-state index in [9.17, 15) is 4.79 Å². The second-order valence-corrected chi connectivity index (χ2v) is 5.98. The molecule has 0 aromatic heterocycles. The number of amides is 1. The molecule has 0 aliphatic rings. The number of nitrogens with zero attached hydrogens (tertiary/aromatic N) is 1. The molecule has 118 valence electrons. The Kier molecular flexibility index (Phi) is 8.76. The molecular weight excluding hydrogens is 260 g/mol. The van der Waals surface area contributed by atoms with Crippen LogP contribution in [0.4, 0.5) is 0 Å². The van der Waals surface area contributed by atoms with E-state index in [0.29, 0.717) is 6.54 Å². The van der Waals surface area contributed by atoms with Gasteiger partial charge in [0.2, 0.25) is 5.91 Å². The summed E-state index contributed by atoms with van der Waals surface area (Å²) in [6.07, 6.45) is 6.10. The summed E-state index contributed by atoms with van der Waals surface area (Å²) in [4.78, 5) is 14.0. The van der Waals surface area contributed by atoms with Crippen LogP contribution >= 0.6 is 0 Å². The minimum absolute atomic E-state index is 0.122. The number of benzene rings is 1. The Morgan fingerprint density at radius 1 is 1.19 bits per heavy atom. The SMILES string of the molecule is CCCCCCC(C)NC(=O)CN(C)Cc1ccccc1. The van der Waals surface area contributed by atoms with Crippen LogP contribution in [0.5, 0.6) is 0 Å². The summed E-state index contributed by atoms with van der Waals surface area (Å²) in [5.74, 6) is 0.122. The van der Waals surface area contributed by atoms with E-state index in [1.165, 1.54) is 31.2 Å². The number of hydrogen-bond donors (Lipinski definition) is 1. The van der Waals surface area contributed by atoms with Gasteiger partial charge in [0.15, 0.2) is 0 Å². The second kappa shape index (κ2) is 10.4. The molecule has 1 atom stereocenters. The summed E-state index contributed by atoms with van der Waals surface area (Å²) in [6.45, 7) is 5.57. The van der Waals surface area contributed by atoms with Gasteiger partial charge in [0.1, 0.15) is 0 Å². The van der Waals surface area contributed by atoms with Crippen molar-refractivity contribution in [1.29, 1.82) is 0 Å². The van der Waals surface area contributed by atoms with Gasteiger partial charge in [0, 0.05) is 12.6 Å². The van der Waals surface area contributed by atoms with Crippen molar-refractivity contribution in [1.82, 2.24) is 10.2 Å². The van der Waals surface area contributed by atoms with Crippen molar-refractivity contribution >= 4 is 5.91 Å². The highest BCUT2D eigenvalue weighted by Gasteiger charge is 2.10. The molecule has 0 saturated heterocycles. The van der Waals surface area contributed by atoms with Crippen LogP contribution in [0.15, 0.2) is 30.3 Å². The van der Waals surface area contributed by atoms with Gasteiger partial charge in [0.25, 0.3) is 0 Å². The third kappa shape index (κ3) is 8.51. The van der Waals surface area contributed by atoms with E-state index in [1.54, 1.807) is 0 Å². The Morgan fingerprint density at radius 3 is 2.57 bits per heavy atom. The number of carbonyl (C=O) groups excluding carboxylic acids is 1. The summed E-state index contributed by atoms with van der Waals surface area (Å²) in [7, 11) is 1.98. The largest absolute Gasteiger partial charge is 0.353 e. The number of unbranched alkanes of at least 4 members (excludes halogenated alkanes) is 3. The first kappa shape index (κ1) is 17.7. The van der Waals surface area contributed by atoms with Gasteiger partial charge in [-0.05, 0) is 26.0 Å². The molecule has 21 heavy (non-hydrogen) atoms. The highest BCUT2D eigenvalue weighted by Crippen LogP contribution is 2.06. The first-order valence-electron chi connectivity index (χ1n) is 8.13. The number of carbonyl (C=O) groups is 1. The van der Waals surface area contributed by atoms with Crippen LogP contribution in [0, 0.1) is 0 Å². The smallest absolute Gasteiger partial charge is 0.234 e. The van der Waals surface area contributed by atoms with Crippen LogP contribution in [-0.4, -0.2) is 30.4 Å². The van der Waals surface area contributed by atoms with Crippen LogP contribution in [-0.2, 0) is 11.3 Å². The zero-order valence-corrected chi connectivity index (χ0v) is 13.8. The molecule has 0 saturated carbocycles. The average molecular weight is 290 g/mol. The lowest BCUT2D eigenvalue weighted by Crippen LogP contribution is -2.39. The Bertz CT molecular complexity index is 391. The van der Waals surface area contributed by atoms with Crippen LogP contribution in [0.1, 0.15) is 51.5 Å². The number of likely N-dealkylation sites (N-methyl/N-ethyl adjacent to an activating group) is 1. The number of hydrogen-bond acceptors (Lipinski definition) is 2. The van der Waals surface area contributed by atoms with Gasteiger partial charge >= 0.3 is 0 Å². The van der Waals surface area contributed by atoms with Crippen molar-refractivity contribution in [2.45, 2.75) is 58.5 Å². The lowest BCUT2D eigenvalue weighted by molar-refractivity contribution is -0.122. The Morgan fingerprint density at radius 2 is 1.90 bits per heavy atom. The third-order valence-corrected chi connectivity index (χ3v) is 3.61. The molecule has 1 unspecified atom stereocenters. The van der Waals surface area contributed by atoms with Crippen molar-refractivity contribution in [3.8, 4) is 0 Å². The zero-order valence-electron chi connectivity index (χ0n) is 13.8. The molecule has 1 aromatic carbocycles. The van der Waals surface area contributed by atoms with E-state index in [4.69, 9.17) is 0 Å². The van der Waals surface area contributed by atoms with E-state index in [0.717, 1.165) is 13.0 Å². The van der Waals surface area contributed by atoms with Gasteiger partial charge in [0.05, 0.1) is 6.54 Å². The van der Waals surface area contributed by atoms with Crippen LogP contribution in [0.3, 0.4) is 0 Å². The molecule has 0 aliphatic carbocycles. The predicted octanol–water partition coefficient (Wildman–Crippen LogP) is 3.59. The van der Waals surface area contributed by atoms with Crippen LogP contribution < -0.4 is 5.32 Å². The van der Waals surface area contributed by atoms with E-state index in [1.807, 2.05) is 25.2 Å². The fraction of sp³-hybridized carbons (Fsp3) is 0.611. The minimum Gasteiger partial charge on any atom is -0.353 e. The molecule has 1 amide bonds. The van der Waals surface area contributed by atoms with Crippen molar-refractivity contribution in [3.05, 3.63) is 35.9 Å². The van der Waals surface area contributed by atoms with E-state index < -0.39 is 0 Å². The standard InChI is InChI=1S/C18H30N2O/c1-4-5-6-8-11-16(2)19-18(21)15-20(3)14-17-12-9-7-10-13-17/h7,9-10,12-13,16H,4-6,8,11,14-15H2,1-3H3,(H,19,21). The molecule has 3 heteroatoms. The maximum absolute atomic E-state index is 12.0. The highest BCUT2D eigenvalue weighted by molar-refractivity contribution is 5.78. The predicted molar refractivity (Wildman–Crippen MR) is 89.1 cm³/mol. The fourth-order valence-corrected chi connectivity index (χ4v) is 2.47. The summed E-state index contributed by atoms with van der Waals surface area (Å²) >= 11 is 0. The van der Waals surface area contributed by atoms with Gasteiger partial charge in [-0.25, -0.2) is 0 Å². The number of rotatable bonds is 10. The molecule has 1 aromatic rings. The summed E-state index contributed by atoms with van der Waals surface area (Å²) in [5, 5.41) is 3.09. The molecule has 0 heterocycles. The van der Waals surface area contributed by atoms with Crippen molar-refractivity contribution in [2.24, 2.45) is 0 Å². The van der Waals surface area contributed by atoms with E-state index in [-0.39, 0.29) is 11.9 Å². The normalized spacial score (nSPS) is 12.4. The molecular formula is C18H30N2O. The van der Waals surface area contributed by atoms with Crippen LogP contribution in [0.25, 0.3) is 0 Å². The van der Waals surface area contributed by atoms with Crippen LogP contribution in [0.2, 0.25) is 0 Å². The Hall–Kier alpha value is -1.35. The van der Waals surface area contributed by atoms with Crippen molar-refractivity contribution in [3.63, 3.8) is 0 Å². The van der Waals surface area contributed by atoms with E-state index >= 15 is 0 Å². The first-order chi connectivity index (χ1) is 10.1. The maximum Gasteiger partial charge on any atom is 0.234 e. The van der Waals surface area contributed by atoms with E-state index in [2.05, 4.69) is 36.2 Å². The molecule has 1 N–H and O–H groups in total.